The van der Waals surface area contributed by atoms with Crippen LogP contribution in [-0.2, 0) is 32.7 Å². The van der Waals surface area contributed by atoms with Gasteiger partial charge in [-0.2, -0.15) is 0 Å². The fourth-order valence-electron chi connectivity index (χ4n) is 6.14. The van der Waals surface area contributed by atoms with E-state index in [1.54, 1.807) is 6.08 Å². The van der Waals surface area contributed by atoms with Gasteiger partial charge in [-0.3, -0.25) is 18.6 Å². The summed E-state index contributed by atoms with van der Waals surface area (Å²) in [6.45, 7) is 4.23. The zero-order chi connectivity index (χ0) is 39.5. The highest BCUT2D eigenvalue weighted by Gasteiger charge is 2.39. The van der Waals surface area contributed by atoms with Gasteiger partial charge in [0.1, 0.15) is 12.7 Å². The van der Waals surface area contributed by atoms with E-state index >= 15 is 0 Å². The van der Waals surface area contributed by atoms with Crippen molar-refractivity contribution >= 4 is 19.8 Å². The monoisotopic (exact) mass is 778 g/mol. The van der Waals surface area contributed by atoms with Crippen LogP contribution in [0.25, 0.3) is 0 Å². The molecule has 0 amide bonds. The van der Waals surface area contributed by atoms with E-state index in [4.69, 9.17) is 19.1 Å². The maximum atomic E-state index is 12.6. The average molecular weight is 779 g/mol. The third-order valence-corrected chi connectivity index (χ3v) is 10.7. The number of carbonyl (C=O) groups excluding carboxylic acids is 2. The molecule has 0 aromatic heterocycles. The second-order valence-corrected chi connectivity index (χ2v) is 16.0. The Kier molecular flexibility index (Phi) is 27.6. The van der Waals surface area contributed by atoms with Gasteiger partial charge >= 0.3 is 19.8 Å². The van der Waals surface area contributed by atoms with Gasteiger partial charge in [-0.15, -0.1) is 0 Å². The Morgan fingerprint density at radius 3 is 2.19 bits per heavy atom. The summed E-state index contributed by atoms with van der Waals surface area (Å²) in [5.41, 5.74) is 0. The minimum absolute atomic E-state index is 0.0654. The third-order valence-electron chi connectivity index (χ3n) is 9.72. The number of carbonyl (C=O) groups is 2. The molecule has 1 rings (SSSR count). The molecule has 0 spiro atoms. The van der Waals surface area contributed by atoms with Crippen LogP contribution in [0.1, 0.15) is 136 Å². The van der Waals surface area contributed by atoms with Gasteiger partial charge in [0, 0.05) is 25.2 Å². The van der Waals surface area contributed by atoms with Crippen LogP contribution in [0.15, 0.2) is 24.3 Å². The second kappa shape index (κ2) is 29.6. The zero-order valence-electron chi connectivity index (χ0n) is 32.5. The van der Waals surface area contributed by atoms with E-state index in [-0.39, 0.29) is 31.1 Å². The number of ether oxygens (including phenoxy) is 2. The fraction of sp³-hybridized carbons (Fsp3) is 0.846. The van der Waals surface area contributed by atoms with Gasteiger partial charge in [-0.05, 0) is 43.9 Å². The predicted octanol–water partition coefficient (Wildman–Crippen LogP) is 6.07. The van der Waals surface area contributed by atoms with Crippen LogP contribution in [0.3, 0.4) is 0 Å². The van der Waals surface area contributed by atoms with Crippen molar-refractivity contribution < 1.29 is 63.1 Å². The lowest BCUT2D eigenvalue weighted by Crippen LogP contribution is -2.29. The Morgan fingerprint density at radius 2 is 1.49 bits per heavy atom. The standard InChI is InChI=1S/C39H71O13P/c1-4-6-13-19-31(41)23-24-35-34(36(43)25-37(35)44)20-15-11-12-16-21-38(45)49-28-33(29-51-53(47,48)50-27-32(42)26-40)52-39(46)22-17-10-8-7-9-14-18-30(3)5-2/h11,15,23-24,30-37,40-44H,4-10,12-14,16-22,25-29H2,1-3H3,(H,47,48)/b15-11+,24-23+/t30?,31-,32-,33+,34+,35+,36-,37+/m0/s1. The number of hydrogen-bond acceptors (Lipinski definition) is 12. The summed E-state index contributed by atoms with van der Waals surface area (Å²) in [6, 6.07) is 0. The van der Waals surface area contributed by atoms with Crippen molar-refractivity contribution in [2.45, 2.75) is 167 Å². The van der Waals surface area contributed by atoms with E-state index in [0.717, 1.165) is 50.9 Å². The summed E-state index contributed by atoms with van der Waals surface area (Å²) in [5.74, 6) is -0.813. The number of aliphatic hydroxyl groups is 5. The first-order chi connectivity index (χ1) is 25.3. The highest BCUT2D eigenvalue weighted by Crippen LogP contribution is 2.43. The third kappa shape index (κ3) is 24.5. The molecule has 0 saturated heterocycles. The lowest BCUT2D eigenvalue weighted by Gasteiger charge is -2.20. The Balaban J connectivity index is 2.54. The summed E-state index contributed by atoms with van der Waals surface area (Å²) in [4.78, 5) is 35.0. The van der Waals surface area contributed by atoms with Gasteiger partial charge in [0.25, 0.3) is 0 Å². The molecule has 1 aliphatic rings. The summed E-state index contributed by atoms with van der Waals surface area (Å²) in [7, 11) is -4.67. The minimum atomic E-state index is -4.67. The van der Waals surface area contributed by atoms with Crippen LogP contribution in [0, 0.1) is 17.8 Å². The Labute approximate surface area is 317 Å². The highest BCUT2D eigenvalue weighted by molar-refractivity contribution is 7.47. The van der Waals surface area contributed by atoms with Gasteiger partial charge in [-0.1, -0.05) is 109 Å². The molecule has 9 atom stereocenters. The molecule has 1 aliphatic carbocycles. The van der Waals surface area contributed by atoms with Crippen molar-refractivity contribution in [2.24, 2.45) is 17.8 Å². The van der Waals surface area contributed by atoms with E-state index in [1.165, 1.54) is 19.3 Å². The van der Waals surface area contributed by atoms with Crippen LogP contribution in [0.2, 0.25) is 0 Å². The molecule has 6 N–H and O–H groups in total. The first-order valence-electron chi connectivity index (χ1n) is 19.9. The molecule has 0 aliphatic heterocycles. The van der Waals surface area contributed by atoms with E-state index in [2.05, 4.69) is 25.3 Å². The van der Waals surface area contributed by atoms with Gasteiger partial charge in [0.05, 0.1) is 38.1 Å². The van der Waals surface area contributed by atoms with Gasteiger partial charge < -0.3 is 39.9 Å². The number of allylic oxidation sites excluding steroid dienone is 2. The molecule has 13 nitrogen and oxygen atoms in total. The Hall–Kier alpha value is -1.67. The number of unbranched alkanes of at least 4 members (excludes halogenated alkanes) is 8. The summed E-state index contributed by atoms with van der Waals surface area (Å²) < 4.78 is 32.5. The number of esters is 2. The number of hydrogen-bond donors (Lipinski definition) is 6. The van der Waals surface area contributed by atoms with Crippen molar-refractivity contribution in [2.75, 3.05) is 26.4 Å². The Morgan fingerprint density at radius 1 is 0.830 bits per heavy atom. The lowest BCUT2D eigenvalue weighted by atomic mass is 9.89. The highest BCUT2D eigenvalue weighted by atomic mass is 31.2. The normalized spacial score (nSPS) is 22.5. The molecule has 0 aromatic carbocycles. The van der Waals surface area contributed by atoms with Crippen LogP contribution in [-0.4, -0.2) is 99.3 Å². The van der Waals surface area contributed by atoms with Crippen LogP contribution in [0.5, 0.6) is 0 Å². The lowest BCUT2D eigenvalue weighted by molar-refractivity contribution is -0.161. The van der Waals surface area contributed by atoms with Crippen LogP contribution < -0.4 is 0 Å². The molecule has 1 fully saturated rings. The van der Waals surface area contributed by atoms with Crippen molar-refractivity contribution in [3.63, 3.8) is 0 Å². The molecule has 2 unspecified atom stereocenters. The van der Waals surface area contributed by atoms with Crippen LogP contribution in [0.4, 0.5) is 0 Å². The maximum absolute atomic E-state index is 12.6. The molecule has 310 valence electrons. The quantitative estimate of drug-likeness (QED) is 0.0199. The van der Waals surface area contributed by atoms with E-state index < -0.39 is 76.7 Å². The summed E-state index contributed by atoms with van der Waals surface area (Å²) in [5, 5.41) is 49.5. The molecule has 0 radical (unpaired) electrons. The Bertz CT molecular complexity index is 1070. The molecular weight excluding hydrogens is 707 g/mol. The van der Waals surface area contributed by atoms with Crippen molar-refractivity contribution in [1.29, 1.82) is 0 Å². The smallest absolute Gasteiger partial charge is 0.462 e. The molecule has 14 heteroatoms. The second-order valence-electron chi connectivity index (χ2n) is 14.5. The zero-order valence-corrected chi connectivity index (χ0v) is 33.4. The van der Waals surface area contributed by atoms with E-state index in [0.29, 0.717) is 32.1 Å². The van der Waals surface area contributed by atoms with Crippen LogP contribution >= 0.6 is 7.82 Å². The number of aliphatic hydroxyl groups excluding tert-OH is 5. The first kappa shape index (κ1) is 49.3. The fourth-order valence-corrected chi connectivity index (χ4v) is 6.93. The van der Waals surface area contributed by atoms with E-state index in [9.17, 15) is 39.5 Å². The largest absolute Gasteiger partial charge is 0.472 e. The molecular formula is C39H71O13P. The minimum Gasteiger partial charge on any atom is -0.462 e. The van der Waals surface area contributed by atoms with Gasteiger partial charge in [0.15, 0.2) is 6.10 Å². The molecule has 0 bridgehead atoms. The first-order valence-corrected chi connectivity index (χ1v) is 21.4. The number of phosphoric ester groups is 1. The molecule has 0 heterocycles. The molecule has 53 heavy (non-hydrogen) atoms. The van der Waals surface area contributed by atoms with Crippen molar-refractivity contribution in [3.05, 3.63) is 24.3 Å². The summed E-state index contributed by atoms with van der Waals surface area (Å²) >= 11 is 0. The average Bonchev–Trinajstić information content (AvgIpc) is 3.40. The van der Waals surface area contributed by atoms with Gasteiger partial charge in [-0.25, -0.2) is 4.57 Å². The molecule has 0 aromatic rings. The summed E-state index contributed by atoms with van der Waals surface area (Å²) in [6.07, 6.45) is 17.0. The SMILES string of the molecule is CCCCC[C@H](O)/C=C/[C@@H]1[C@@H](C/C=C/CCCC(=O)OC[C@H](COP(=O)(O)OC[C@@H](O)CO)OC(=O)CCCCCCCCC(C)CC)[C@@H](O)C[C@H]1O. The van der Waals surface area contributed by atoms with E-state index in [1.807, 2.05) is 18.2 Å². The molecule has 1 saturated carbocycles. The van der Waals surface area contributed by atoms with Crippen molar-refractivity contribution in [1.82, 2.24) is 0 Å². The number of rotatable bonds is 32. The van der Waals surface area contributed by atoms with Gasteiger partial charge in [0.2, 0.25) is 0 Å². The topological polar surface area (TPSA) is 210 Å². The maximum Gasteiger partial charge on any atom is 0.472 e. The predicted molar refractivity (Wildman–Crippen MR) is 203 cm³/mol. The number of phosphoric acid groups is 1. The van der Waals surface area contributed by atoms with Crippen molar-refractivity contribution in [3.8, 4) is 0 Å².